The monoisotopic (exact) mass is 589 g/mol. The summed E-state index contributed by atoms with van der Waals surface area (Å²) in [5.74, 6) is 1.64. The summed E-state index contributed by atoms with van der Waals surface area (Å²) in [4.78, 5) is 29.0. The third-order valence-corrected chi connectivity index (χ3v) is 7.09. The molecule has 1 atom stereocenters. The van der Waals surface area contributed by atoms with Gasteiger partial charge in [0.25, 0.3) is 0 Å². The zero-order valence-electron chi connectivity index (χ0n) is 24.1. The fraction of sp³-hybridized carbons (Fsp3) is 0.515. The molecule has 2 rings (SSSR count). The number of ketones is 2. The Kier molecular flexibility index (Phi) is 16.7. The van der Waals surface area contributed by atoms with Gasteiger partial charge >= 0.3 is 0 Å². The van der Waals surface area contributed by atoms with Gasteiger partial charge in [0, 0.05) is 48.4 Å². The predicted molar refractivity (Wildman–Crippen MR) is 167 cm³/mol. The second-order valence-corrected chi connectivity index (χ2v) is 10.8. The molecule has 5 nitrogen and oxygen atoms in total. The topological polar surface area (TPSA) is 55.8 Å². The highest BCUT2D eigenvalue weighted by Gasteiger charge is 2.26. The van der Waals surface area contributed by atoms with Gasteiger partial charge in [-0.15, -0.1) is 23.2 Å². The van der Waals surface area contributed by atoms with Crippen LogP contribution in [0.1, 0.15) is 79.5 Å². The molecule has 2 aromatic rings. The average Bonchev–Trinajstić information content (AvgIpc) is 2.97. The summed E-state index contributed by atoms with van der Waals surface area (Å²) in [6, 6.07) is 14.4. The van der Waals surface area contributed by atoms with Gasteiger partial charge in [-0.1, -0.05) is 46.1 Å². The number of allylic oxidation sites excluding steroid dienone is 1. The summed E-state index contributed by atoms with van der Waals surface area (Å²) >= 11 is 12.0. The van der Waals surface area contributed by atoms with Gasteiger partial charge in [0.1, 0.15) is 11.5 Å². The van der Waals surface area contributed by atoms with Crippen LogP contribution in [0.4, 0.5) is 0 Å². The number of hydrogen-bond acceptors (Lipinski definition) is 5. The number of nitrogens with zero attached hydrogens (tertiary/aromatic N) is 1. The summed E-state index contributed by atoms with van der Waals surface area (Å²) in [7, 11) is 0. The van der Waals surface area contributed by atoms with Crippen LogP contribution in [0.5, 0.6) is 11.5 Å². The van der Waals surface area contributed by atoms with E-state index in [4.69, 9.17) is 32.7 Å². The average molecular weight is 591 g/mol. The van der Waals surface area contributed by atoms with Crippen LogP contribution in [0, 0.1) is 5.92 Å². The Balaban J connectivity index is 2.12. The lowest BCUT2D eigenvalue weighted by molar-refractivity contribution is 0.0880. The lowest BCUT2D eigenvalue weighted by atomic mass is 9.88. The molecule has 0 aromatic heterocycles. The standard InChI is InChI=1S/C33H45Cl2NO4/c1-4-6-8-22-39-30-14-10-27(11-15-30)32(37)26(3)24-29(25-36(20-18-34)21-19-35)33(38)28-12-16-31(17-13-28)40-23-9-7-5-2/h10-17,29H,3-9,18-25H2,1-2H3. The van der Waals surface area contributed by atoms with E-state index >= 15 is 0 Å². The first kappa shape index (κ1) is 33.9. The fourth-order valence-corrected chi connectivity index (χ4v) is 4.90. The van der Waals surface area contributed by atoms with Gasteiger partial charge in [0.2, 0.25) is 0 Å². The van der Waals surface area contributed by atoms with E-state index in [9.17, 15) is 9.59 Å². The summed E-state index contributed by atoms with van der Waals surface area (Å²) in [6.07, 6.45) is 6.76. The molecule has 0 saturated heterocycles. The third-order valence-electron chi connectivity index (χ3n) is 6.75. The number of carbonyl (C=O) groups excluding carboxylic acids is 2. The van der Waals surface area contributed by atoms with Crippen molar-refractivity contribution in [3.8, 4) is 11.5 Å². The fourth-order valence-electron chi connectivity index (χ4n) is 4.42. The second-order valence-electron chi connectivity index (χ2n) is 10.0. The molecule has 0 bridgehead atoms. The summed E-state index contributed by atoms with van der Waals surface area (Å²) in [5, 5.41) is 0. The number of carbonyl (C=O) groups is 2. The second kappa shape index (κ2) is 19.7. The van der Waals surface area contributed by atoms with E-state index in [1.165, 1.54) is 0 Å². The van der Waals surface area contributed by atoms with Gasteiger partial charge < -0.3 is 14.4 Å². The molecule has 0 saturated carbocycles. The van der Waals surface area contributed by atoms with Gasteiger partial charge in [-0.3, -0.25) is 9.59 Å². The van der Waals surface area contributed by atoms with Crippen LogP contribution in [0.2, 0.25) is 0 Å². The van der Waals surface area contributed by atoms with Crippen LogP contribution in [-0.4, -0.2) is 61.1 Å². The Morgan fingerprint density at radius 2 is 1.25 bits per heavy atom. The largest absolute Gasteiger partial charge is 0.494 e. The number of hydrogen-bond donors (Lipinski definition) is 0. The molecular weight excluding hydrogens is 545 g/mol. The maximum absolute atomic E-state index is 13.7. The maximum Gasteiger partial charge on any atom is 0.188 e. The molecule has 40 heavy (non-hydrogen) atoms. The Morgan fingerprint density at radius 1 is 0.775 bits per heavy atom. The van der Waals surface area contributed by atoms with Crippen molar-refractivity contribution in [2.24, 2.45) is 5.92 Å². The Hall–Kier alpha value is -2.34. The molecule has 0 spiro atoms. The van der Waals surface area contributed by atoms with E-state index in [1.807, 2.05) is 24.3 Å². The van der Waals surface area contributed by atoms with E-state index in [0.717, 1.165) is 50.0 Å². The maximum atomic E-state index is 13.7. The number of rotatable bonds is 22. The van der Waals surface area contributed by atoms with E-state index in [0.29, 0.717) is 61.3 Å². The van der Waals surface area contributed by atoms with E-state index in [2.05, 4.69) is 25.3 Å². The van der Waals surface area contributed by atoms with Gasteiger partial charge in [0.15, 0.2) is 11.6 Å². The smallest absolute Gasteiger partial charge is 0.188 e. The Bertz CT molecular complexity index is 1020. The molecule has 0 fully saturated rings. The first-order chi connectivity index (χ1) is 19.4. The normalized spacial score (nSPS) is 11.8. The Morgan fingerprint density at radius 3 is 1.70 bits per heavy atom. The van der Waals surface area contributed by atoms with Crippen molar-refractivity contribution in [2.75, 3.05) is 44.6 Å². The van der Waals surface area contributed by atoms with Gasteiger partial charge in [-0.2, -0.15) is 0 Å². The van der Waals surface area contributed by atoms with Gasteiger partial charge in [-0.25, -0.2) is 0 Å². The molecule has 1 unspecified atom stereocenters. The molecule has 0 aliphatic rings. The van der Waals surface area contributed by atoms with Crippen LogP contribution < -0.4 is 9.47 Å². The van der Waals surface area contributed by atoms with Crippen molar-refractivity contribution < 1.29 is 19.1 Å². The van der Waals surface area contributed by atoms with Crippen molar-refractivity contribution in [3.05, 3.63) is 71.8 Å². The lowest BCUT2D eigenvalue weighted by Gasteiger charge is -2.26. The van der Waals surface area contributed by atoms with Crippen LogP contribution in [0.15, 0.2) is 60.7 Å². The molecule has 0 amide bonds. The predicted octanol–water partition coefficient (Wildman–Crippen LogP) is 8.23. The van der Waals surface area contributed by atoms with Crippen LogP contribution >= 0.6 is 23.2 Å². The molecule has 0 aliphatic heterocycles. The minimum Gasteiger partial charge on any atom is -0.494 e. The third kappa shape index (κ3) is 12.0. The molecule has 0 N–H and O–H groups in total. The van der Waals surface area contributed by atoms with Gasteiger partial charge in [-0.05, 0) is 73.4 Å². The molecule has 0 radical (unpaired) electrons. The number of halogens is 2. The van der Waals surface area contributed by atoms with Crippen LogP contribution in [0.25, 0.3) is 0 Å². The summed E-state index contributed by atoms with van der Waals surface area (Å²) < 4.78 is 11.6. The highest BCUT2D eigenvalue weighted by molar-refractivity contribution is 6.18. The summed E-state index contributed by atoms with van der Waals surface area (Å²) in [5.41, 5.74) is 1.50. The number of ether oxygens (including phenoxy) is 2. The highest BCUT2D eigenvalue weighted by atomic mass is 35.5. The molecule has 7 heteroatoms. The molecular formula is C33H45Cl2NO4. The zero-order valence-corrected chi connectivity index (χ0v) is 25.7. The van der Waals surface area contributed by atoms with Gasteiger partial charge in [0.05, 0.1) is 13.2 Å². The van der Waals surface area contributed by atoms with Crippen molar-refractivity contribution in [1.82, 2.24) is 4.90 Å². The van der Waals surface area contributed by atoms with Crippen molar-refractivity contribution in [3.63, 3.8) is 0 Å². The van der Waals surface area contributed by atoms with E-state index in [-0.39, 0.29) is 18.0 Å². The zero-order chi connectivity index (χ0) is 29.2. The van der Waals surface area contributed by atoms with Crippen molar-refractivity contribution in [2.45, 2.75) is 58.8 Å². The van der Waals surface area contributed by atoms with E-state index < -0.39 is 5.92 Å². The van der Waals surface area contributed by atoms with Crippen molar-refractivity contribution >= 4 is 34.8 Å². The Labute approximate surface area is 250 Å². The molecule has 220 valence electrons. The number of alkyl halides is 2. The van der Waals surface area contributed by atoms with Crippen LogP contribution in [-0.2, 0) is 0 Å². The minimum atomic E-state index is -0.472. The molecule has 2 aromatic carbocycles. The van der Waals surface area contributed by atoms with E-state index in [1.54, 1.807) is 24.3 Å². The first-order valence-electron chi connectivity index (χ1n) is 14.5. The first-order valence-corrected chi connectivity index (χ1v) is 15.6. The van der Waals surface area contributed by atoms with Crippen molar-refractivity contribution in [1.29, 1.82) is 0 Å². The SMILES string of the molecule is C=C(CC(CN(CCCl)CCCl)C(=O)c1ccc(OCCCCC)cc1)C(=O)c1ccc(OCCCCC)cc1. The van der Waals surface area contributed by atoms with Crippen LogP contribution in [0.3, 0.4) is 0 Å². The lowest BCUT2D eigenvalue weighted by Crippen LogP contribution is -2.36. The summed E-state index contributed by atoms with van der Waals surface area (Å²) in [6.45, 7) is 11.3. The minimum absolute atomic E-state index is 0.0449. The quantitative estimate of drug-likeness (QED) is 0.0599. The molecule has 0 heterocycles. The molecule has 0 aliphatic carbocycles. The number of Topliss-reactive ketones (excluding diaryl/α,β-unsaturated/α-hetero) is 2. The number of unbranched alkanes of at least 4 members (excludes halogenated alkanes) is 4. The highest BCUT2D eigenvalue weighted by Crippen LogP contribution is 2.24. The number of benzene rings is 2.